The number of carbonyl (C=O) groups excluding carboxylic acids is 1. The normalized spacial score (nSPS) is 18.7. The highest BCUT2D eigenvalue weighted by molar-refractivity contribution is 14.1. The topological polar surface area (TPSA) is 35.5 Å². The molecule has 0 radical (unpaired) electrons. The lowest BCUT2D eigenvalue weighted by atomic mass is 10.0. The number of cyclic esters (lactones) is 1. The van der Waals surface area contributed by atoms with Gasteiger partial charge in [0.15, 0.2) is 0 Å². The average molecular weight is 318 g/mol. The van der Waals surface area contributed by atoms with E-state index in [4.69, 9.17) is 7.80 Å². The first kappa shape index (κ1) is 10.9. The van der Waals surface area contributed by atoms with Crippen molar-refractivity contribution in [3.05, 3.63) is 35.4 Å². The highest BCUT2D eigenvalue weighted by atomic mass is 127. The molecule has 4 heteroatoms. The van der Waals surface area contributed by atoms with Crippen LogP contribution in [0.4, 0.5) is 0 Å². The number of hydrogen-bond acceptors (Lipinski definition) is 3. The Morgan fingerprint density at radius 2 is 2.20 bits per heavy atom. The van der Waals surface area contributed by atoms with Crippen molar-refractivity contribution < 1.29 is 12.6 Å². The summed E-state index contributed by atoms with van der Waals surface area (Å²) in [6.45, 7) is 0.691. The zero-order chi connectivity index (χ0) is 10.7. The molecule has 0 aromatic heterocycles. The summed E-state index contributed by atoms with van der Waals surface area (Å²) in [6.07, 6.45) is 1.64. The van der Waals surface area contributed by atoms with Crippen LogP contribution >= 0.6 is 23.0 Å². The highest BCUT2D eigenvalue weighted by Gasteiger charge is 2.29. The van der Waals surface area contributed by atoms with Crippen molar-refractivity contribution >= 4 is 29.0 Å². The van der Waals surface area contributed by atoms with E-state index in [0.29, 0.717) is 12.2 Å². The van der Waals surface area contributed by atoms with Crippen LogP contribution in [0.25, 0.3) is 0 Å². The van der Waals surface area contributed by atoms with E-state index in [1.54, 1.807) is 0 Å². The number of halogens is 1. The maximum atomic E-state index is 11.5. The molecule has 1 aromatic rings. The molecule has 15 heavy (non-hydrogen) atoms. The quantitative estimate of drug-likeness (QED) is 0.486. The first-order valence-electron chi connectivity index (χ1n) is 4.86. The van der Waals surface area contributed by atoms with Gasteiger partial charge >= 0.3 is 5.97 Å². The summed E-state index contributed by atoms with van der Waals surface area (Å²) >= 11 is 1.87. The van der Waals surface area contributed by atoms with Gasteiger partial charge in [0.2, 0.25) is 0 Å². The smallest absolute Gasteiger partial charge is 0.339 e. The molecule has 0 fully saturated rings. The van der Waals surface area contributed by atoms with Crippen LogP contribution < -0.4 is 0 Å². The molecule has 0 aliphatic carbocycles. The summed E-state index contributed by atoms with van der Waals surface area (Å²) in [5.41, 5.74) is 1.72. The van der Waals surface area contributed by atoms with Crippen LogP contribution in [-0.4, -0.2) is 12.6 Å². The molecule has 0 saturated carbocycles. The van der Waals surface area contributed by atoms with Crippen LogP contribution in [-0.2, 0) is 7.80 Å². The average Bonchev–Trinajstić information content (AvgIpc) is 2.58. The van der Waals surface area contributed by atoms with Crippen molar-refractivity contribution in [1.29, 1.82) is 0 Å². The summed E-state index contributed by atoms with van der Waals surface area (Å²) in [5, 5.41) is 0. The molecule has 1 aliphatic heterocycles. The number of ether oxygens (including phenoxy) is 1. The van der Waals surface area contributed by atoms with Crippen LogP contribution in [0.5, 0.6) is 0 Å². The molecule has 1 atom stereocenters. The molecule has 0 saturated heterocycles. The van der Waals surface area contributed by atoms with Crippen molar-refractivity contribution in [3.8, 4) is 0 Å². The number of carbonyl (C=O) groups is 1. The zero-order valence-electron chi connectivity index (χ0n) is 8.11. The number of hydrogen-bond donors (Lipinski definition) is 0. The lowest BCUT2D eigenvalue weighted by Gasteiger charge is -2.09. The second kappa shape index (κ2) is 4.94. The molecule has 3 nitrogen and oxygen atoms in total. The summed E-state index contributed by atoms with van der Waals surface area (Å²) in [6, 6.07) is 7.56. The summed E-state index contributed by atoms with van der Waals surface area (Å²) < 4.78 is 10.2. The predicted octanol–water partition coefficient (Wildman–Crippen LogP) is 3.04. The van der Waals surface area contributed by atoms with Crippen molar-refractivity contribution in [2.75, 3.05) is 6.61 Å². The lowest BCUT2D eigenvalue weighted by Crippen LogP contribution is -1.99. The largest absolute Gasteiger partial charge is 0.454 e. The maximum absolute atomic E-state index is 11.5. The Bertz CT molecular complexity index is 365. The Kier molecular flexibility index (Phi) is 3.58. The molecule has 0 bridgehead atoms. The van der Waals surface area contributed by atoms with Crippen LogP contribution in [0, 0.1) is 0 Å². The fraction of sp³-hybridized carbons (Fsp3) is 0.364. The van der Waals surface area contributed by atoms with Gasteiger partial charge in [0.05, 0.1) is 12.2 Å². The molecule has 2 rings (SSSR count). The Balaban J connectivity index is 2.08. The molecule has 1 aromatic carbocycles. The second-order valence-electron chi connectivity index (χ2n) is 3.44. The molecule has 0 amide bonds. The molecule has 0 N–H and O–H groups in total. The van der Waals surface area contributed by atoms with Crippen LogP contribution in [0.15, 0.2) is 24.3 Å². The van der Waals surface area contributed by atoms with E-state index < -0.39 is 0 Å². The van der Waals surface area contributed by atoms with Crippen LogP contribution in [0.3, 0.4) is 0 Å². The zero-order valence-corrected chi connectivity index (χ0v) is 10.3. The minimum Gasteiger partial charge on any atom is -0.454 e. The number of benzene rings is 1. The van der Waals surface area contributed by atoms with Gasteiger partial charge < -0.3 is 7.80 Å². The van der Waals surface area contributed by atoms with Crippen LogP contribution in [0.1, 0.15) is 34.9 Å². The Morgan fingerprint density at radius 3 is 3.00 bits per heavy atom. The Labute approximate surface area is 102 Å². The minimum atomic E-state index is -0.203. The third-order valence-electron chi connectivity index (χ3n) is 2.46. The van der Waals surface area contributed by atoms with E-state index in [1.807, 2.05) is 47.3 Å². The SMILES string of the molecule is O=C1OC(CCCOI)c2ccccc21. The van der Waals surface area contributed by atoms with Gasteiger partial charge in [-0.3, -0.25) is 0 Å². The van der Waals surface area contributed by atoms with Crippen molar-refractivity contribution in [2.45, 2.75) is 18.9 Å². The van der Waals surface area contributed by atoms with Crippen LogP contribution in [0.2, 0.25) is 0 Å². The lowest BCUT2D eigenvalue weighted by molar-refractivity contribution is 0.0359. The molecule has 1 aliphatic rings. The minimum absolute atomic E-state index is 0.0831. The molecule has 1 heterocycles. The van der Waals surface area contributed by atoms with Gasteiger partial charge in [-0.1, -0.05) is 18.2 Å². The molecule has 80 valence electrons. The second-order valence-corrected chi connectivity index (χ2v) is 4.06. The van der Waals surface area contributed by atoms with E-state index in [0.717, 1.165) is 18.4 Å². The molecule has 1 unspecified atom stereocenters. The van der Waals surface area contributed by atoms with E-state index in [-0.39, 0.29) is 12.1 Å². The van der Waals surface area contributed by atoms with Gasteiger partial charge in [0.1, 0.15) is 29.1 Å². The Morgan fingerprint density at radius 1 is 1.40 bits per heavy atom. The molecular formula is C11H11IO3. The van der Waals surface area contributed by atoms with E-state index >= 15 is 0 Å². The van der Waals surface area contributed by atoms with Crippen molar-refractivity contribution in [1.82, 2.24) is 0 Å². The monoisotopic (exact) mass is 318 g/mol. The fourth-order valence-corrected chi connectivity index (χ4v) is 2.07. The van der Waals surface area contributed by atoms with E-state index in [9.17, 15) is 4.79 Å². The van der Waals surface area contributed by atoms with Gasteiger partial charge in [0.25, 0.3) is 0 Å². The van der Waals surface area contributed by atoms with Gasteiger partial charge in [-0.05, 0) is 18.9 Å². The van der Waals surface area contributed by atoms with Gasteiger partial charge in [-0.25, -0.2) is 4.79 Å². The fourth-order valence-electron chi connectivity index (χ4n) is 1.76. The first-order chi connectivity index (χ1) is 7.33. The van der Waals surface area contributed by atoms with Crippen molar-refractivity contribution in [2.24, 2.45) is 0 Å². The third-order valence-corrected chi connectivity index (χ3v) is 2.91. The summed E-state index contributed by atoms with van der Waals surface area (Å²) in [7, 11) is 0. The summed E-state index contributed by atoms with van der Waals surface area (Å²) in [5.74, 6) is -0.203. The first-order valence-corrected chi connectivity index (χ1v) is 5.74. The van der Waals surface area contributed by atoms with E-state index in [1.165, 1.54) is 0 Å². The number of fused-ring (bicyclic) bond motifs is 1. The standard InChI is InChI=1S/C11H11IO3/c12-14-7-3-6-10-8-4-1-2-5-9(8)11(13)15-10/h1-2,4-5,10H,3,6-7H2. The number of esters is 1. The predicted molar refractivity (Wildman–Crippen MR) is 63.8 cm³/mol. The maximum Gasteiger partial charge on any atom is 0.339 e. The molecule has 0 spiro atoms. The van der Waals surface area contributed by atoms with Gasteiger partial charge in [0, 0.05) is 5.56 Å². The molecular weight excluding hydrogens is 307 g/mol. The van der Waals surface area contributed by atoms with Crippen molar-refractivity contribution in [3.63, 3.8) is 0 Å². The van der Waals surface area contributed by atoms with Gasteiger partial charge in [-0.15, -0.1) is 0 Å². The summed E-state index contributed by atoms with van der Waals surface area (Å²) in [4.78, 5) is 11.5. The van der Waals surface area contributed by atoms with E-state index in [2.05, 4.69) is 0 Å². The Hall–Kier alpha value is -0.620. The van der Waals surface area contributed by atoms with Gasteiger partial charge in [-0.2, -0.15) is 0 Å². The third kappa shape index (κ3) is 2.31. The highest BCUT2D eigenvalue weighted by Crippen LogP contribution is 2.33. The number of rotatable bonds is 4.